The van der Waals surface area contributed by atoms with Gasteiger partial charge in [-0.1, -0.05) is 72.8 Å². The number of nitrogens with two attached hydrogens (primary N) is 2. The summed E-state index contributed by atoms with van der Waals surface area (Å²) < 4.78 is 0. The zero-order chi connectivity index (χ0) is 34.5. The predicted molar refractivity (Wildman–Crippen MR) is 194 cm³/mol. The van der Waals surface area contributed by atoms with Crippen LogP contribution in [-0.4, -0.2) is 71.2 Å². The van der Waals surface area contributed by atoms with Crippen LogP contribution in [0.5, 0.6) is 0 Å². The normalized spacial score (nSPS) is 24.2. The van der Waals surface area contributed by atoms with Crippen molar-refractivity contribution in [3.05, 3.63) is 83.9 Å². The minimum absolute atomic E-state index is 0.0847. The lowest BCUT2D eigenvalue weighted by molar-refractivity contribution is -0.153. The van der Waals surface area contributed by atoms with E-state index in [0.717, 1.165) is 47.6 Å². The lowest BCUT2D eigenvalue weighted by atomic mass is 9.53. The van der Waals surface area contributed by atoms with E-state index < -0.39 is 35.8 Å². The number of carbonyl (C=O) groups is 4. The molecule has 0 saturated heterocycles. The number of nitrogens with zero attached hydrogens (tertiary/aromatic N) is 1. The Bertz CT molecular complexity index is 1620. The number of nitrogens with one attached hydrogen (secondary N) is 2. The van der Waals surface area contributed by atoms with Crippen LogP contribution in [0.3, 0.4) is 0 Å². The van der Waals surface area contributed by atoms with Gasteiger partial charge in [0.05, 0.1) is 12.6 Å². The number of carbonyl (C=O) groups excluding carboxylic acids is 4. The van der Waals surface area contributed by atoms with Gasteiger partial charge in [0.1, 0.15) is 12.1 Å². The molecular formula is C39H49N5O4S. The average Bonchev–Trinajstić information content (AvgIpc) is 3.09. The van der Waals surface area contributed by atoms with Crippen LogP contribution in [0.4, 0.5) is 0 Å². The Labute approximate surface area is 293 Å². The summed E-state index contributed by atoms with van der Waals surface area (Å²) in [5, 5.41) is 7.85. The van der Waals surface area contributed by atoms with Crippen LogP contribution in [0.15, 0.2) is 72.8 Å². The number of fused-ring (bicyclic) bond motifs is 1. The summed E-state index contributed by atoms with van der Waals surface area (Å²) in [5.74, 6) is 0.932. The fourth-order valence-corrected chi connectivity index (χ4v) is 9.42. The molecule has 4 bridgehead atoms. The van der Waals surface area contributed by atoms with Gasteiger partial charge in [0.15, 0.2) is 0 Å². The molecule has 4 aliphatic carbocycles. The summed E-state index contributed by atoms with van der Waals surface area (Å²) in [4.78, 5) is 56.0. The van der Waals surface area contributed by atoms with E-state index in [1.165, 1.54) is 6.42 Å². The van der Waals surface area contributed by atoms with E-state index in [-0.39, 0.29) is 18.5 Å². The van der Waals surface area contributed by atoms with E-state index in [4.69, 9.17) is 11.5 Å². The molecule has 0 unspecified atom stereocenters. The molecule has 260 valence electrons. The Morgan fingerprint density at radius 2 is 1.47 bits per heavy atom. The largest absolute Gasteiger partial charge is 0.368 e. The Balaban J connectivity index is 1.14. The minimum atomic E-state index is -0.860. The van der Waals surface area contributed by atoms with E-state index in [1.807, 2.05) is 79.1 Å². The molecule has 3 aromatic carbocycles. The van der Waals surface area contributed by atoms with Crippen LogP contribution in [0.2, 0.25) is 0 Å². The lowest BCUT2D eigenvalue weighted by Gasteiger charge is -2.58. The Morgan fingerprint density at radius 3 is 2.12 bits per heavy atom. The molecule has 4 aliphatic rings. The molecular weight excluding hydrogens is 635 g/mol. The second kappa shape index (κ2) is 15.8. The molecule has 49 heavy (non-hydrogen) atoms. The number of rotatable bonds is 15. The van der Waals surface area contributed by atoms with Gasteiger partial charge in [0.2, 0.25) is 23.6 Å². The molecule has 6 N–H and O–H groups in total. The summed E-state index contributed by atoms with van der Waals surface area (Å²) >= 11 is 1.57. The number of primary amides is 1. The van der Waals surface area contributed by atoms with Gasteiger partial charge >= 0.3 is 0 Å². The van der Waals surface area contributed by atoms with Crippen LogP contribution in [-0.2, 0) is 32.0 Å². The molecule has 0 radical (unpaired) electrons. The fourth-order valence-electron chi connectivity index (χ4n) is 8.94. The number of amides is 4. The Morgan fingerprint density at radius 1 is 0.816 bits per heavy atom. The molecule has 0 spiro atoms. The molecule has 3 aromatic rings. The molecule has 10 heteroatoms. The van der Waals surface area contributed by atoms with Crippen molar-refractivity contribution >= 4 is 46.2 Å². The fraction of sp³-hybridized carbons (Fsp3) is 0.487. The standard InChI is InChI=1S/C39H49N5O4S/c1-49-14-13-33(43-38(47)32(40)21-25-11-12-28-9-5-6-10-29(28)16-25)39(48)42-23-35(45)44(34(37(41)46)22-24-7-3-2-4-8-24)36-30-17-26-15-27(19-30)20-31(36)18-26/h2-12,16,26-27,30-34,36H,13-15,17-23,40H2,1H3,(H2,41,46)(H,42,48)(H,43,47)/t26?,27?,30?,31?,32-,33+,34-,36?/m0/s1. The molecule has 0 aliphatic heterocycles. The van der Waals surface area contributed by atoms with Crippen molar-refractivity contribution in [2.24, 2.45) is 35.1 Å². The third kappa shape index (κ3) is 8.29. The first-order valence-electron chi connectivity index (χ1n) is 17.6. The number of hydrogen-bond donors (Lipinski definition) is 4. The van der Waals surface area contributed by atoms with Crippen molar-refractivity contribution < 1.29 is 19.2 Å². The minimum Gasteiger partial charge on any atom is -0.368 e. The molecule has 4 saturated carbocycles. The highest BCUT2D eigenvalue weighted by molar-refractivity contribution is 7.98. The quantitative estimate of drug-likeness (QED) is 0.192. The number of benzene rings is 3. The third-order valence-electron chi connectivity index (χ3n) is 11.0. The first kappa shape index (κ1) is 35.0. The topological polar surface area (TPSA) is 148 Å². The Kier molecular flexibility index (Phi) is 11.2. The van der Waals surface area contributed by atoms with Crippen LogP contribution in [0.25, 0.3) is 10.8 Å². The van der Waals surface area contributed by atoms with Crippen molar-refractivity contribution in [1.29, 1.82) is 0 Å². The second-order valence-electron chi connectivity index (χ2n) is 14.4. The van der Waals surface area contributed by atoms with E-state index in [2.05, 4.69) is 10.6 Å². The summed E-state index contributed by atoms with van der Waals surface area (Å²) in [6.07, 6.45) is 8.47. The van der Waals surface area contributed by atoms with Gasteiger partial charge in [-0.3, -0.25) is 19.2 Å². The SMILES string of the molecule is CSCC[C@@H](NC(=O)[C@@H](N)Cc1ccc2ccccc2c1)C(=O)NCC(=O)N(C1C2CC3CC(C2)CC1C3)[C@@H](Cc1ccccc1)C(N)=O. The van der Waals surface area contributed by atoms with E-state index in [0.29, 0.717) is 48.7 Å². The highest BCUT2D eigenvalue weighted by atomic mass is 32.2. The first-order valence-corrected chi connectivity index (χ1v) is 19.0. The second-order valence-corrected chi connectivity index (χ2v) is 15.4. The van der Waals surface area contributed by atoms with Gasteiger partial charge in [-0.15, -0.1) is 0 Å². The Hall–Kier alpha value is -3.89. The van der Waals surface area contributed by atoms with Crippen LogP contribution in [0, 0.1) is 23.7 Å². The van der Waals surface area contributed by atoms with E-state index in [1.54, 1.807) is 16.7 Å². The van der Waals surface area contributed by atoms with Crippen molar-refractivity contribution in [2.45, 2.75) is 75.5 Å². The summed E-state index contributed by atoms with van der Waals surface area (Å²) in [7, 11) is 0. The van der Waals surface area contributed by atoms with Gasteiger partial charge in [-0.05, 0) is 103 Å². The summed E-state index contributed by atoms with van der Waals surface area (Å²) in [6.45, 7) is -0.283. The van der Waals surface area contributed by atoms with Crippen molar-refractivity contribution in [3.63, 3.8) is 0 Å². The molecule has 4 fully saturated rings. The van der Waals surface area contributed by atoms with Crippen LogP contribution in [0.1, 0.15) is 49.7 Å². The highest BCUT2D eigenvalue weighted by Crippen LogP contribution is 2.55. The first-order chi connectivity index (χ1) is 23.7. The maximum absolute atomic E-state index is 14.3. The maximum atomic E-state index is 14.3. The van der Waals surface area contributed by atoms with Gasteiger partial charge in [-0.2, -0.15) is 11.8 Å². The maximum Gasteiger partial charge on any atom is 0.243 e. The summed E-state index contributed by atoms with van der Waals surface area (Å²) in [5.41, 5.74) is 14.3. The molecule has 0 aromatic heterocycles. The summed E-state index contributed by atoms with van der Waals surface area (Å²) in [6, 6.07) is 21.0. The van der Waals surface area contributed by atoms with Gasteiger partial charge in [0.25, 0.3) is 0 Å². The average molecular weight is 684 g/mol. The molecule has 0 heterocycles. The van der Waals surface area contributed by atoms with Gasteiger partial charge < -0.3 is 27.0 Å². The molecule has 4 amide bonds. The van der Waals surface area contributed by atoms with Crippen molar-refractivity contribution in [1.82, 2.24) is 15.5 Å². The number of hydrogen-bond acceptors (Lipinski definition) is 6. The van der Waals surface area contributed by atoms with Gasteiger partial charge in [0, 0.05) is 12.5 Å². The lowest BCUT2D eigenvalue weighted by Crippen LogP contribution is -2.64. The zero-order valence-electron chi connectivity index (χ0n) is 28.3. The van der Waals surface area contributed by atoms with Gasteiger partial charge in [-0.25, -0.2) is 0 Å². The van der Waals surface area contributed by atoms with Crippen LogP contribution < -0.4 is 22.1 Å². The third-order valence-corrected chi connectivity index (χ3v) is 11.6. The zero-order valence-corrected chi connectivity index (χ0v) is 29.1. The monoisotopic (exact) mass is 683 g/mol. The molecule has 3 atom stereocenters. The van der Waals surface area contributed by atoms with Crippen LogP contribution >= 0.6 is 11.8 Å². The van der Waals surface area contributed by atoms with Crippen molar-refractivity contribution in [2.75, 3.05) is 18.6 Å². The smallest absolute Gasteiger partial charge is 0.243 e. The molecule has 7 rings (SSSR count). The van der Waals surface area contributed by atoms with E-state index in [9.17, 15) is 19.2 Å². The molecule has 9 nitrogen and oxygen atoms in total. The predicted octanol–water partition coefficient (Wildman–Crippen LogP) is 3.81. The highest BCUT2D eigenvalue weighted by Gasteiger charge is 2.52. The van der Waals surface area contributed by atoms with Crippen molar-refractivity contribution in [3.8, 4) is 0 Å². The number of thioether (sulfide) groups is 1. The van der Waals surface area contributed by atoms with E-state index >= 15 is 0 Å².